The van der Waals surface area contributed by atoms with Gasteiger partial charge in [0.25, 0.3) is 0 Å². The van der Waals surface area contributed by atoms with Gasteiger partial charge in [0.05, 0.1) is 11.9 Å². The van der Waals surface area contributed by atoms with E-state index in [0.29, 0.717) is 5.69 Å². The summed E-state index contributed by atoms with van der Waals surface area (Å²) >= 11 is 1.66. The number of thiazole rings is 1. The van der Waals surface area contributed by atoms with Gasteiger partial charge in [-0.1, -0.05) is 12.1 Å². The van der Waals surface area contributed by atoms with Crippen LogP contribution >= 0.6 is 11.3 Å². The first kappa shape index (κ1) is 20.6. The highest BCUT2D eigenvalue weighted by Crippen LogP contribution is 2.33. The molecule has 1 saturated heterocycles. The molecule has 0 bridgehead atoms. The molecule has 1 aliphatic rings. The van der Waals surface area contributed by atoms with Crippen LogP contribution in [0.4, 0.5) is 20.9 Å². The van der Waals surface area contributed by atoms with Gasteiger partial charge in [-0.25, -0.2) is 17.8 Å². The molecular weight excluding hydrogens is 423 g/mol. The van der Waals surface area contributed by atoms with Gasteiger partial charge < -0.3 is 9.80 Å². The molecular formula is C21H23FN4O2S2. The number of sulfonamides is 1. The normalized spacial score (nSPS) is 14.8. The van der Waals surface area contributed by atoms with Crippen molar-refractivity contribution in [1.82, 2.24) is 4.98 Å². The number of hydrogen-bond donors (Lipinski definition) is 1. The molecule has 0 unspecified atom stereocenters. The van der Waals surface area contributed by atoms with Crippen LogP contribution < -0.4 is 14.5 Å². The van der Waals surface area contributed by atoms with Crippen LogP contribution in [0.1, 0.15) is 4.88 Å². The SMILES string of the molecule is Cc1sc(N2CCN(c3ccc(F)cc3)CC2)nc1-c1ccc(NS(C)(=O)=O)cc1. The maximum Gasteiger partial charge on any atom is 0.229 e. The van der Waals surface area contributed by atoms with Gasteiger partial charge in [0.15, 0.2) is 5.13 Å². The number of halogens is 1. The maximum atomic E-state index is 13.1. The molecule has 158 valence electrons. The Morgan fingerprint density at radius 1 is 0.967 bits per heavy atom. The summed E-state index contributed by atoms with van der Waals surface area (Å²) in [6.07, 6.45) is 1.13. The van der Waals surface area contributed by atoms with Gasteiger partial charge in [0.1, 0.15) is 5.82 Å². The number of aromatic nitrogens is 1. The molecule has 2 heterocycles. The van der Waals surface area contributed by atoms with Crippen molar-refractivity contribution < 1.29 is 12.8 Å². The molecule has 0 radical (unpaired) electrons. The molecule has 0 amide bonds. The average molecular weight is 447 g/mol. The maximum absolute atomic E-state index is 13.1. The molecule has 0 atom stereocenters. The number of hydrogen-bond acceptors (Lipinski definition) is 6. The van der Waals surface area contributed by atoms with Crippen LogP contribution in [0.15, 0.2) is 48.5 Å². The number of benzene rings is 2. The largest absolute Gasteiger partial charge is 0.368 e. The van der Waals surface area contributed by atoms with Crippen LogP contribution in [-0.4, -0.2) is 45.8 Å². The fourth-order valence-corrected chi connectivity index (χ4v) is 5.05. The quantitative estimate of drug-likeness (QED) is 0.643. The molecule has 0 saturated carbocycles. The van der Waals surface area contributed by atoms with Crippen LogP contribution in [-0.2, 0) is 10.0 Å². The smallest absolute Gasteiger partial charge is 0.229 e. The molecule has 1 N–H and O–H groups in total. The Labute approximate surface area is 180 Å². The lowest BCUT2D eigenvalue weighted by molar-refractivity contribution is 0.607. The lowest BCUT2D eigenvalue weighted by atomic mass is 10.1. The zero-order chi connectivity index (χ0) is 21.3. The highest BCUT2D eigenvalue weighted by atomic mass is 32.2. The van der Waals surface area contributed by atoms with E-state index in [4.69, 9.17) is 4.98 Å². The number of rotatable bonds is 5. The Morgan fingerprint density at radius 3 is 2.17 bits per heavy atom. The molecule has 2 aromatic carbocycles. The molecule has 1 aliphatic heterocycles. The Hall–Kier alpha value is -2.65. The topological polar surface area (TPSA) is 65.5 Å². The third kappa shape index (κ3) is 4.73. The van der Waals surface area contributed by atoms with Gasteiger partial charge in [0.2, 0.25) is 10.0 Å². The zero-order valence-corrected chi connectivity index (χ0v) is 18.4. The molecule has 0 aliphatic carbocycles. The van der Waals surface area contributed by atoms with Crippen molar-refractivity contribution in [1.29, 1.82) is 0 Å². The van der Waals surface area contributed by atoms with Gasteiger partial charge >= 0.3 is 0 Å². The second-order valence-electron chi connectivity index (χ2n) is 7.30. The summed E-state index contributed by atoms with van der Waals surface area (Å²) in [5, 5.41) is 0.986. The van der Waals surface area contributed by atoms with Crippen LogP contribution in [0.3, 0.4) is 0 Å². The van der Waals surface area contributed by atoms with E-state index in [-0.39, 0.29) is 5.82 Å². The van der Waals surface area contributed by atoms with Crippen molar-refractivity contribution in [2.75, 3.05) is 47.0 Å². The number of anilines is 3. The van der Waals surface area contributed by atoms with Crippen LogP contribution in [0.5, 0.6) is 0 Å². The first-order chi connectivity index (χ1) is 14.3. The second kappa shape index (κ2) is 8.23. The van der Waals surface area contributed by atoms with Crippen LogP contribution in [0, 0.1) is 12.7 Å². The van der Waals surface area contributed by atoms with Crippen LogP contribution in [0.25, 0.3) is 11.3 Å². The number of aryl methyl sites for hydroxylation is 1. The summed E-state index contributed by atoms with van der Waals surface area (Å²) in [7, 11) is -3.29. The van der Waals surface area contributed by atoms with Gasteiger partial charge in [0, 0.05) is 48.0 Å². The Balaban J connectivity index is 1.45. The zero-order valence-electron chi connectivity index (χ0n) is 16.8. The summed E-state index contributed by atoms with van der Waals surface area (Å²) in [6, 6.07) is 13.9. The summed E-state index contributed by atoms with van der Waals surface area (Å²) in [4.78, 5) is 10.5. The van der Waals surface area contributed by atoms with E-state index >= 15 is 0 Å². The highest BCUT2D eigenvalue weighted by Gasteiger charge is 2.21. The summed E-state index contributed by atoms with van der Waals surface area (Å²) in [6.45, 7) is 5.45. The summed E-state index contributed by atoms with van der Waals surface area (Å²) in [5.41, 5.74) is 3.45. The fourth-order valence-electron chi connectivity index (χ4n) is 3.50. The number of nitrogens with zero attached hydrogens (tertiary/aromatic N) is 3. The van der Waals surface area contributed by atoms with E-state index < -0.39 is 10.0 Å². The minimum atomic E-state index is -3.29. The Morgan fingerprint density at radius 2 is 1.57 bits per heavy atom. The van der Waals surface area contributed by atoms with Crippen molar-refractivity contribution in [3.63, 3.8) is 0 Å². The third-order valence-electron chi connectivity index (χ3n) is 4.99. The fraction of sp³-hybridized carbons (Fsp3) is 0.286. The van der Waals surface area contributed by atoms with Crippen molar-refractivity contribution in [2.45, 2.75) is 6.92 Å². The first-order valence-electron chi connectivity index (χ1n) is 9.60. The standard InChI is InChI=1S/C21H23FN4O2S2/c1-15-20(16-3-7-18(8-4-16)24-30(2,27)28)23-21(29-15)26-13-11-25(12-14-26)19-9-5-17(22)6-10-19/h3-10,24H,11-14H2,1-2H3. The minimum absolute atomic E-state index is 0.219. The monoisotopic (exact) mass is 446 g/mol. The van der Waals surface area contributed by atoms with E-state index in [1.165, 1.54) is 12.1 Å². The first-order valence-corrected chi connectivity index (χ1v) is 12.3. The third-order valence-corrected chi connectivity index (χ3v) is 6.63. The number of nitrogens with one attached hydrogen (secondary N) is 1. The lowest BCUT2D eigenvalue weighted by Gasteiger charge is -2.36. The Kier molecular flexibility index (Phi) is 5.66. The highest BCUT2D eigenvalue weighted by molar-refractivity contribution is 7.92. The van der Waals surface area contributed by atoms with Crippen LogP contribution in [0.2, 0.25) is 0 Å². The van der Waals surface area contributed by atoms with Gasteiger partial charge in [-0.05, 0) is 43.3 Å². The molecule has 9 heteroatoms. The van der Waals surface area contributed by atoms with Crippen molar-refractivity contribution >= 4 is 37.9 Å². The molecule has 0 spiro atoms. The van der Waals surface area contributed by atoms with E-state index in [9.17, 15) is 12.8 Å². The molecule has 30 heavy (non-hydrogen) atoms. The summed E-state index contributed by atoms with van der Waals surface area (Å²) < 4.78 is 38.4. The van der Waals surface area contributed by atoms with Crippen molar-refractivity contribution in [3.8, 4) is 11.3 Å². The average Bonchev–Trinajstić information content (AvgIpc) is 3.10. The molecule has 4 rings (SSSR count). The predicted molar refractivity (Wildman–Crippen MR) is 122 cm³/mol. The summed E-state index contributed by atoms with van der Waals surface area (Å²) in [5.74, 6) is -0.219. The molecule has 6 nitrogen and oxygen atoms in total. The molecule has 1 fully saturated rings. The molecule has 1 aromatic heterocycles. The van der Waals surface area contributed by atoms with E-state index in [1.54, 1.807) is 23.5 Å². The van der Waals surface area contributed by atoms with E-state index in [1.807, 2.05) is 31.2 Å². The van der Waals surface area contributed by atoms with Gasteiger partial charge in [-0.15, -0.1) is 11.3 Å². The lowest BCUT2D eigenvalue weighted by Crippen LogP contribution is -2.46. The predicted octanol–water partition coefficient (Wildman–Crippen LogP) is 3.96. The van der Waals surface area contributed by atoms with Crippen molar-refractivity contribution in [3.05, 3.63) is 59.2 Å². The Bertz CT molecular complexity index is 1120. The second-order valence-corrected chi connectivity index (χ2v) is 10.2. The van der Waals surface area contributed by atoms with E-state index in [0.717, 1.165) is 59.4 Å². The van der Waals surface area contributed by atoms with Crippen molar-refractivity contribution in [2.24, 2.45) is 0 Å². The minimum Gasteiger partial charge on any atom is -0.368 e. The van der Waals surface area contributed by atoms with Gasteiger partial charge in [-0.3, -0.25) is 4.72 Å². The molecule has 3 aromatic rings. The van der Waals surface area contributed by atoms with Gasteiger partial charge in [-0.2, -0.15) is 0 Å². The van der Waals surface area contributed by atoms with E-state index in [2.05, 4.69) is 14.5 Å². The number of piperazine rings is 1.